The number of morpholine rings is 1. The fraction of sp³-hybridized carbons (Fsp3) is 0.458. The van der Waals surface area contributed by atoms with Crippen LogP contribution in [0.1, 0.15) is 22.7 Å². The molecule has 2 aromatic rings. The number of aliphatic imine (C=N–C) groups is 1. The van der Waals surface area contributed by atoms with Crippen molar-refractivity contribution < 1.29 is 9.47 Å². The molecule has 1 fully saturated rings. The van der Waals surface area contributed by atoms with Gasteiger partial charge in [0.05, 0.1) is 26.4 Å². The summed E-state index contributed by atoms with van der Waals surface area (Å²) in [5.41, 5.74) is 3.79. The van der Waals surface area contributed by atoms with Crippen molar-refractivity contribution in [2.24, 2.45) is 4.99 Å². The lowest BCUT2D eigenvalue weighted by atomic mass is 10.0. The predicted molar refractivity (Wildman–Crippen MR) is 138 cm³/mol. The minimum absolute atomic E-state index is 0. The minimum Gasteiger partial charge on any atom is -0.496 e. The average molecular weight is 538 g/mol. The summed E-state index contributed by atoms with van der Waals surface area (Å²) in [6.07, 6.45) is 0.871. The van der Waals surface area contributed by atoms with Gasteiger partial charge < -0.3 is 20.1 Å². The molecule has 170 valence electrons. The topological polar surface area (TPSA) is 58.1 Å². The summed E-state index contributed by atoms with van der Waals surface area (Å²) in [4.78, 5) is 6.90. The van der Waals surface area contributed by atoms with Gasteiger partial charge in [-0.1, -0.05) is 48.0 Å². The largest absolute Gasteiger partial charge is 0.496 e. The molecule has 0 spiro atoms. The lowest BCUT2D eigenvalue weighted by Gasteiger charge is -2.35. The van der Waals surface area contributed by atoms with E-state index in [-0.39, 0.29) is 30.0 Å². The molecule has 1 aliphatic heterocycles. The van der Waals surface area contributed by atoms with Crippen LogP contribution in [-0.4, -0.2) is 64.4 Å². The molecule has 1 unspecified atom stereocenters. The number of nitrogens with one attached hydrogen (secondary N) is 2. The highest BCUT2D eigenvalue weighted by Crippen LogP contribution is 2.22. The van der Waals surface area contributed by atoms with E-state index in [9.17, 15) is 0 Å². The van der Waals surface area contributed by atoms with E-state index in [0.717, 1.165) is 57.5 Å². The second kappa shape index (κ2) is 13.5. The number of para-hydroxylation sites is 1. The van der Waals surface area contributed by atoms with Crippen LogP contribution < -0.4 is 15.4 Å². The van der Waals surface area contributed by atoms with Crippen molar-refractivity contribution in [3.05, 3.63) is 65.2 Å². The third-order valence-electron chi connectivity index (χ3n) is 5.51. The zero-order valence-electron chi connectivity index (χ0n) is 18.8. The van der Waals surface area contributed by atoms with Gasteiger partial charge in [-0.05, 0) is 30.5 Å². The molecule has 7 heteroatoms. The molecule has 6 nitrogen and oxygen atoms in total. The molecule has 3 rings (SSSR count). The molecule has 0 amide bonds. The van der Waals surface area contributed by atoms with Gasteiger partial charge in [0.1, 0.15) is 5.75 Å². The summed E-state index contributed by atoms with van der Waals surface area (Å²) in [5.74, 6) is 1.74. The molecule has 0 bridgehead atoms. The van der Waals surface area contributed by atoms with Crippen LogP contribution in [0.15, 0.2) is 53.5 Å². The number of rotatable bonds is 8. The van der Waals surface area contributed by atoms with Gasteiger partial charge in [-0.15, -0.1) is 24.0 Å². The maximum absolute atomic E-state index is 5.56. The van der Waals surface area contributed by atoms with Crippen LogP contribution in [0.3, 0.4) is 0 Å². The Morgan fingerprint density at radius 1 is 1.10 bits per heavy atom. The quantitative estimate of drug-likeness (QED) is 0.307. The Morgan fingerprint density at radius 3 is 2.48 bits per heavy atom. The van der Waals surface area contributed by atoms with Crippen molar-refractivity contribution in [3.8, 4) is 5.75 Å². The van der Waals surface area contributed by atoms with Crippen molar-refractivity contribution in [3.63, 3.8) is 0 Å². The summed E-state index contributed by atoms with van der Waals surface area (Å²) in [6, 6.07) is 17.2. The maximum Gasteiger partial charge on any atom is 0.191 e. The zero-order valence-corrected chi connectivity index (χ0v) is 21.1. The molecule has 1 heterocycles. The van der Waals surface area contributed by atoms with E-state index in [2.05, 4.69) is 57.8 Å². The Morgan fingerprint density at radius 2 is 1.81 bits per heavy atom. The van der Waals surface area contributed by atoms with Crippen molar-refractivity contribution in [2.45, 2.75) is 19.4 Å². The van der Waals surface area contributed by atoms with Crippen LogP contribution in [0.25, 0.3) is 0 Å². The molecule has 31 heavy (non-hydrogen) atoms. The molecule has 1 saturated heterocycles. The van der Waals surface area contributed by atoms with Gasteiger partial charge >= 0.3 is 0 Å². The van der Waals surface area contributed by atoms with E-state index in [1.807, 2.05) is 25.2 Å². The number of hydrogen-bond donors (Lipinski definition) is 2. The third kappa shape index (κ3) is 7.66. The molecule has 2 N–H and O–H groups in total. The van der Waals surface area contributed by atoms with Crippen LogP contribution >= 0.6 is 24.0 Å². The maximum atomic E-state index is 5.56. The van der Waals surface area contributed by atoms with Gasteiger partial charge in [-0.2, -0.15) is 0 Å². The fourth-order valence-electron chi connectivity index (χ4n) is 3.77. The predicted octanol–water partition coefficient (Wildman–Crippen LogP) is 3.40. The van der Waals surface area contributed by atoms with Gasteiger partial charge in [-0.3, -0.25) is 9.89 Å². The first-order chi connectivity index (χ1) is 14.7. The molecule has 0 aromatic heterocycles. The van der Waals surface area contributed by atoms with E-state index in [4.69, 9.17) is 9.47 Å². The first-order valence-electron chi connectivity index (χ1n) is 10.7. The summed E-state index contributed by atoms with van der Waals surface area (Å²) >= 11 is 0. The lowest BCUT2D eigenvalue weighted by Crippen LogP contribution is -2.46. The third-order valence-corrected chi connectivity index (χ3v) is 5.51. The number of hydrogen-bond acceptors (Lipinski definition) is 4. The van der Waals surface area contributed by atoms with Crippen molar-refractivity contribution in [1.29, 1.82) is 0 Å². The van der Waals surface area contributed by atoms with Gasteiger partial charge in [0.2, 0.25) is 0 Å². The zero-order chi connectivity index (χ0) is 21.2. The molecule has 0 radical (unpaired) electrons. The number of ether oxygens (including phenoxy) is 2. The molecule has 1 atom stereocenters. The molecule has 2 aromatic carbocycles. The molecular weight excluding hydrogens is 503 g/mol. The minimum atomic E-state index is 0. The molecular formula is C24H35IN4O2. The van der Waals surface area contributed by atoms with E-state index in [1.165, 1.54) is 16.7 Å². The standard InChI is InChI=1S/C24H34N4O2.HI/c1-19-8-10-20(11-9-19)22(28-14-16-30-17-15-28)18-27-24(25-2)26-13-12-21-6-4-5-7-23(21)29-3;/h4-11,22H,12-18H2,1-3H3,(H2,25,26,27);1H. The highest BCUT2D eigenvalue weighted by Gasteiger charge is 2.22. The fourth-order valence-corrected chi connectivity index (χ4v) is 3.77. The summed E-state index contributed by atoms with van der Waals surface area (Å²) in [6.45, 7) is 7.16. The Labute approximate surface area is 203 Å². The number of benzene rings is 2. The summed E-state index contributed by atoms with van der Waals surface area (Å²) < 4.78 is 11.0. The van der Waals surface area contributed by atoms with Gasteiger partial charge in [0, 0.05) is 33.2 Å². The number of guanidine groups is 1. The first-order valence-corrected chi connectivity index (χ1v) is 10.7. The van der Waals surface area contributed by atoms with E-state index < -0.39 is 0 Å². The smallest absolute Gasteiger partial charge is 0.191 e. The first kappa shape index (κ1) is 25.4. The normalized spacial score (nSPS) is 15.6. The van der Waals surface area contributed by atoms with Gasteiger partial charge in [-0.25, -0.2) is 0 Å². The highest BCUT2D eigenvalue weighted by atomic mass is 127. The van der Waals surface area contributed by atoms with Crippen molar-refractivity contribution >= 4 is 29.9 Å². The summed E-state index contributed by atoms with van der Waals surface area (Å²) in [5, 5.41) is 6.95. The Bertz CT molecular complexity index is 807. The Kier molecular flexibility index (Phi) is 11.1. The van der Waals surface area contributed by atoms with Crippen molar-refractivity contribution in [1.82, 2.24) is 15.5 Å². The van der Waals surface area contributed by atoms with Gasteiger partial charge in [0.15, 0.2) is 5.96 Å². The van der Waals surface area contributed by atoms with E-state index in [1.54, 1.807) is 7.11 Å². The molecule has 0 aliphatic carbocycles. The van der Waals surface area contributed by atoms with E-state index in [0.29, 0.717) is 0 Å². The van der Waals surface area contributed by atoms with E-state index >= 15 is 0 Å². The highest BCUT2D eigenvalue weighted by molar-refractivity contribution is 14.0. The van der Waals surface area contributed by atoms with Gasteiger partial charge in [0.25, 0.3) is 0 Å². The second-order valence-electron chi connectivity index (χ2n) is 7.52. The van der Waals surface area contributed by atoms with Crippen molar-refractivity contribution in [2.75, 3.05) is 53.6 Å². The van der Waals surface area contributed by atoms with Crippen LogP contribution in [0, 0.1) is 6.92 Å². The van der Waals surface area contributed by atoms with Crippen LogP contribution in [-0.2, 0) is 11.2 Å². The number of nitrogens with zero attached hydrogens (tertiary/aromatic N) is 2. The second-order valence-corrected chi connectivity index (χ2v) is 7.52. The average Bonchev–Trinajstić information content (AvgIpc) is 2.80. The van der Waals surface area contributed by atoms with Crippen LogP contribution in [0.4, 0.5) is 0 Å². The van der Waals surface area contributed by atoms with Crippen LogP contribution in [0.2, 0.25) is 0 Å². The number of methoxy groups -OCH3 is 1. The SMILES string of the molecule is CN=C(NCCc1ccccc1OC)NCC(c1ccc(C)cc1)N1CCOCC1.I. The molecule has 0 saturated carbocycles. The molecule has 1 aliphatic rings. The Hall–Kier alpha value is -1.84. The van der Waals surface area contributed by atoms with Crippen LogP contribution in [0.5, 0.6) is 5.75 Å². The monoisotopic (exact) mass is 538 g/mol. The Balaban J connectivity index is 0.00000341. The number of aryl methyl sites for hydroxylation is 1. The summed E-state index contributed by atoms with van der Waals surface area (Å²) in [7, 11) is 3.53. The number of halogens is 1. The lowest BCUT2D eigenvalue weighted by molar-refractivity contribution is 0.0170.